The molecule has 36 heavy (non-hydrogen) atoms. The zero-order chi connectivity index (χ0) is 26.1. The van der Waals surface area contributed by atoms with Crippen LogP contribution in [0.25, 0.3) is 0 Å². The molecule has 0 bridgehead atoms. The summed E-state index contributed by atoms with van der Waals surface area (Å²) in [4.78, 5) is 23.5. The largest absolute Gasteiger partial charge is 0.354 e. The van der Waals surface area contributed by atoms with Crippen molar-refractivity contribution in [1.29, 1.82) is 0 Å². The van der Waals surface area contributed by atoms with Gasteiger partial charge in [-0.2, -0.15) is 20.1 Å². The van der Waals surface area contributed by atoms with Crippen LogP contribution >= 0.6 is 0 Å². The third-order valence-electron chi connectivity index (χ3n) is 4.34. The molecule has 1 aromatic heterocycles. The maximum Gasteiger partial charge on any atom is 0.280 e. The fourth-order valence-corrected chi connectivity index (χ4v) is 3.29. The van der Waals surface area contributed by atoms with Gasteiger partial charge in [0.1, 0.15) is 5.56 Å². The van der Waals surface area contributed by atoms with Crippen LogP contribution in [0, 0.1) is 10.1 Å². The van der Waals surface area contributed by atoms with Gasteiger partial charge in [0.25, 0.3) is 11.6 Å². The Morgan fingerprint density at radius 2 is 1.61 bits per heavy atom. The van der Waals surface area contributed by atoms with E-state index in [1.165, 1.54) is 42.5 Å². The highest BCUT2D eigenvalue weighted by Gasteiger charge is 2.18. The average molecular weight is 514 g/mol. The number of sulfonamides is 1. The average Bonchev–Trinajstić information content (AvgIpc) is 2.84. The van der Waals surface area contributed by atoms with E-state index >= 15 is 0 Å². The number of para-hydroxylation sites is 1. The van der Waals surface area contributed by atoms with Crippen molar-refractivity contribution >= 4 is 45.1 Å². The lowest BCUT2D eigenvalue weighted by Crippen LogP contribution is -2.11. The molecule has 0 aliphatic rings. The normalized spacial score (nSPS) is 11.9. The number of benzene rings is 2. The first-order chi connectivity index (χ1) is 17.2. The smallest absolute Gasteiger partial charge is 0.280 e. The van der Waals surface area contributed by atoms with Crippen molar-refractivity contribution in [3.05, 3.63) is 64.2 Å². The Morgan fingerprint density at radius 1 is 1.00 bits per heavy atom. The number of rotatable bonds is 10. The summed E-state index contributed by atoms with van der Waals surface area (Å²) in [5.41, 5.74) is 2.88. The van der Waals surface area contributed by atoms with Gasteiger partial charge in [0, 0.05) is 19.2 Å². The van der Waals surface area contributed by atoms with Crippen molar-refractivity contribution in [3.63, 3.8) is 0 Å². The molecule has 188 valence electrons. The Labute approximate surface area is 206 Å². The maximum absolute atomic E-state index is 11.6. The Hall–Kier alpha value is -4.57. The number of amidine groups is 1. The molecule has 0 unspecified atom stereocenters. The third kappa shape index (κ3) is 6.97. The number of nitrogens with one attached hydrogen (secondary N) is 3. The molecule has 0 atom stereocenters. The minimum absolute atomic E-state index is 0.0549. The summed E-state index contributed by atoms with van der Waals surface area (Å²) in [5, 5.41) is 34.9. The van der Waals surface area contributed by atoms with Crippen LogP contribution in [-0.4, -0.2) is 47.2 Å². The molecule has 3 aromatic rings. The van der Waals surface area contributed by atoms with Gasteiger partial charge in [0.2, 0.25) is 27.8 Å². The summed E-state index contributed by atoms with van der Waals surface area (Å²) in [6.45, 7) is 4.86. The standard InChI is InChI=1S/C20H23N11O4S/c1-3-22-18-24-19(23-4-2)26-20(25-18)30-29-17(15-7-5-6-8-16(15)31(32)33)28-27-13-9-11-14(12-10-13)36(21,34)35/h5-12,27H,3-4H2,1-2H3,(H2,21,34,35)(H2,22,23,24,25,26)/b28-17-,30-29?. The van der Waals surface area contributed by atoms with Crippen molar-refractivity contribution in [2.75, 3.05) is 29.1 Å². The number of azo groups is 1. The van der Waals surface area contributed by atoms with E-state index in [0.717, 1.165) is 0 Å². The number of nitro groups is 1. The van der Waals surface area contributed by atoms with Gasteiger partial charge in [-0.1, -0.05) is 12.1 Å². The Kier molecular flexibility index (Phi) is 8.48. The van der Waals surface area contributed by atoms with E-state index in [0.29, 0.717) is 18.8 Å². The number of nitro benzene ring substituents is 1. The van der Waals surface area contributed by atoms with Crippen molar-refractivity contribution in [2.24, 2.45) is 20.5 Å². The van der Waals surface area contributed by atoms with Crippen LogP contribution in [-0.2, 0) is 10.0 Å². The van der Waals surface area contributed by atoms with Gasteiger partial charge in [0.15, 0.2) is 0 Å². The predicted molar refractivity (Wildman–Crippen MR) is 134 cm³/mol. The summed E-state index contributed by atoms with van der Waals surface area (Å²) in [6, 6.07) is 11.3. The van der Waals surface area contributed by atoms with Gasteiger partial charge in [0.05, 0.1) is 15.5 Å². The molecule has 0 spiro atoms. The Bertz CT molecular complexity index is 1370. The van der Waals surface area contributed by atoms with E-state index in [1.54, 1.807) is 6.07 Å². The molecular weight excluding hydrogens is 490 g/mol. The highest BCUT2D eigenvalue weighted by molar-refractivity contribution is 7.89. The number of hydrogen-bond donors (Lipinski definition) is 4. The molecule has 2 aromatic carbocycles. The second-order valence-electron chi connectivity index (χ2n) is 6.93. The van der Waals surface area contributed by atoms with E-state index < -0.39 is 14.9 Å². The highest BCUT2D eigenvalue weighted by atomic mass is 32.2. The van der Waals surface area contributed by atoms with Crippen molar-refractivity contribution in [3.8, 4) is 0 Å². The lowest BCUT2D eigenvalue weighted by Gasteiger charge is -2.06. The predicted octanol–water partition coefficient (Wildman–Crippen LogP) is 2.85. The van der Waals surface area contributed by atoms with Crippen molar-refractivity contribution in [1.82, 2.24) is 15.0 Å². The van der Waals surface area contributed by atoms with Gasteiger partial charge in [-0.15, -0.1) is 10.2 Å². The fourth-order valence-electron chi connectivity index (χ4n) is 2.77. The lowest BCUT2D eigenvalue weighted by molar-refractivity contribution is -0.385. The van der Waals surface area contributed by atoms with E-state index in [1.807, 2.05) is 13.8 Å². The molecule has 0 saturated heterocycles. The molecule has 5 N–H and O–H groups in total. The molecular formula is C20H23N11O4S. The van der Waals surface area contributed by atoms with Crippen LogP contribution in [0.4, 0.5) is 29.2 Å². The number of hydrogen-bond acceptors (Lipinski definition) is 12. The molecule has 0 amide bonds. The van der Waals surface area contributed by atoms with Crippen LogP contribution in [0.15, 0.2) is 68.8 Å². The number of nitrogens with two attached hydrogens (primary N) is 1. The second-order valence-corrected chi connectivity index (χ2v) is 8.50. The Morgan fingerprint density at radius 3 is 2.17 bits per heavy atom. The maximum atomic E-state index is 11.6. The summed E-state index contributed by atoms with van der Waals surface area (Å²) in [6.07, 6.45) is 0. The van der Waals surface area contributed by atoms with Gasteiger partial charge in [-0.05, 0) is 44.2 Å². The van der Waals surface area contributed by atoms with E-state index in [9.17, 15) is 18.5 Å². The van der Waals surface area contributed by atoms with Gasteiger partial charge in [-0.25, -0.2) is 13.6 Å². The summed E-state index contributed by atoms with van der Waals surface area (Å²) < 4.78 is 22.9. The quantitative estimate of drug-likeness (QED) is 0.102. The lowest BCUT2D eigenvalue weighted by atomic mass is 10.1. The first-order valence-corrected chi connectivity index (χ1v) is 12.1. The summed E-state index contributed by atoms with van der Waals surface area (Å²) >= 11 is 0. The SMILES string of the molecule is CCNc1nc(N=N/C(=N\Nc2ccc(S(N)(=O)=O)cc2)c2ccccc2[N+](=O)[O-])nc(NCC)n1. The molecule has 0 radical (unpaired) electrons. The molecule has 0 fully saturated rings. The Balaban J connectivity index is 2.01. The molecule has 0 aliphatic carbocycles. The van der Waals surface area contributed by atoms with Crippen LogP contribution in [0.2, 0.25) is 0 Å². The second kappa shape index (κ2) is 11.7. The fraction of sp³-hybridized carbons (Fsp3) is 0.200. The summed E-state index contributed by atoms with van der Waals surface area (Å²) in [7, 11) is -3.87. The van der Waals surface area contributed by atoms with Gasteiger partial charge in [-0.3, -0.25) is 15.5 Å². The van der Waals surface area contributed by atoms with E-state index in [-0.39, 0.29) is 39.8 Å². The molecule has 1 heterocycles. The minimum Gasteiger partial charge on any atom is -0.354 e. The van der Waals surface area contributed by atoms with Gasteiger partial charge >= 0.3 is 0 Å². The number of nitrogens with zero attached hydrogens (tertiary/aromatic N) is 7. The summed E-state index contributed by atoms with van der Waals surface area (Å²) in [5.74, 6) is 0.346. The minimum atomic E-state index is -3.87. The number of aromatic nitrogens is 3. The first-order valence-electron chi connectivity index (χ1n) is 10.6. The molecule has 16 heteroatoms. The van der Waals surface area contributed by atoms with E-state index in [4.69, 9.17) is 5.14 Å². The van der Waals surface area contributed by atoms with Crippen molar-refractivity contribution < 1.29 is 13.3 Å². The van der Waals surface area contributed by atoms with Crippen molar-refractivity contribution in [2.45, 2.75) is 18.7 Å². The molecule has 15 nitrogen and oxygen atoms in total. The molecule has 0 saturated carbocycles. The third-order valence-corrected chi connectivity index (χ3v) is 5.27. The van der Waals surface area contributed by atoms with Crippen LogP contribution in [0.5, 0.6) is 0 Å². The van der Waals surface area contributed by atoms with Crippen LogP contribution in [0.3, 0.4) is 0 Å². The first kappa shape index (κ1) is 26.0. The number of anilines is 3. The monoisotopic (exact) mass is 513 g/mol. The molecule has 0 aliphatic heterocycles. The van der Waals surface area contributed by atoms with Crippen LogP contribution < -0.4 is 21.2 Å². The zero-order valence-electron chi connectivity index (χ0n) is 19.3. The highest BCUT2D eigenvalue weighted by Crippen LogP contribution is 2.21. The van der Waals surface area contributed by atoms with Crippen LogP contribution in [0.1, 0.15) is 19.4 Å². The van der Waals surface area contributed by atoms with Gasteiger partial charge < -0.3 is 10.6 Å². The molecule has 3 rings (SSSR count). The zero-order valence-corrected chi connectivity index (χ0v) is 20.1. The topological polar surface area (TPSA) is 215 Å². The number of primary sulfonamides is 1. The number of hydrazone groups is 1. The van der Waals surface area contributed by atoms with E-state index in [2.05, 4.69) is 46.3 Å².